The Morgan fingerprint density at radius 3 is 2.62 bits per heavy atom. The summed E-state index contributed by atoms with van der Waals surface area (Å²) in [4.78, 5) is 13.8. The molecule has 0 aromatic rings. The van der Waals surface area contributed by atoms with Crippen molar-refractivity contribution in [3.05, 3.63) is 0 Å². The summed E-state index contributed by atoms with van der Waals surface area (Å²) in [6.45, 7) is 8.72. The molecule has 1 fully saturated rings. The highest BCUT2D eigenvalue weighted by Gasteiger charge is 2.20. The lowest BCUT2D eigenvalue weighted by atomic mass is 10.4. The fraction of sp³-hybridized carbons (Fsp3) is 0.917. The minimum absolute atomic E-state index is 0.124. The van der Waals surface area contributed by atoms with Crippen LogP contribution < -0.4 is 10.6 Å². The van der Waals surface area contributed by atoms with Crippen molar-refractivity contribution in [3.8, 4) is 0 Å². The van der Waals surface area contributed by atoms with Crippen LogP contribution in [0.25, 0.3) is 0 Å². The summed E-state index contributed by atoms with van der Waals surface area (Å²) in [5.41, 5.74) is 0. The van der Waals surface area contributed by atoms with E-state index in [-0.39, 0.29) is 5.91 Å². The van der Waals surface area contributed by atoms with Crippen molar-refractivity contribution in [1.29, 1.82) is 0 Å². The Labute approximate surface area is 98.8 Å². The van der Waals surface area contributed by atoms with E-state index in [0.29, 0.717) is 12.6 Å². The van der Waals surface area contributed by atoms with Crippen LogP contribution in [0.15, 0.2) is 0 Å². The quantitative estimate of drug-likeness (QED) is 0.606. The van der Waals surface area contributed by atoms with Gasteiger partial charge in [-0.25, -0.2) is 0 Å². The second-order valence-corrected chi connectivity index (χ2v) is 4.44. The summed E-state index contributed by atoms with van der Waals surface area (Å²) >= 11 is 0. The maximum absolute atomic E-state index is 11.4. The summed E-state index contributed by atoms with van der Waals surface area (Å²) < 4.78 is 0. The Hall–Kier alpha value is -0.610. The van der Waals surface area contributed by atoms with Crippen LogP contribution in [0.1, 0.15) is 33.1 Å². The molecule has 0 aliphatic heterocycles. The van der Waals surface area contributed by atoms with Crippen molar-refractivity contribution in [1.82, 2.24) is 15.5 Å². The highest BCUT2D eigenvalue weighted by molar-refractivity contribution is 5.78. The van der Waals surface area contributed by atoms with E-state index in [1.807, 2.05) is 0 Å². The van der Waals surface area contributed by atoms with E-state index in [4.69, 9.17) is 0 Å². The molecule has 2 N–H and O–H groups in total. The van der Waals surface area contributed by atoms with Crippen molar-refractivity contribution in [2.45, 2.75) is 39.2 Å². The lowest BCUT2D eigenvalue weighted by Gasteiger charge is -2.19. The fourth-order valence-corrected chi connectivity index (χ4v) is 1.68. The van der Waals surface area contributed by atoms with Gasteiger partial charge >= 0.3 is 0 Å². The highest BCUT2D eigenvalue weighted by atomic mass is 16.1. The number of rotatable bonds is 9. The molecule has 0 saturated heterocycles. The van der Waals surface area contributed by atoms with Crippen LogP contribution in [0.3, 0.4) is 0 Å². The predicted molar refractivity (Wildman–Crippen MR) is 66.4 cm³/mol. The smallest absolute Gasteiger partial charge is 0.234 e. The van der Waals surface area contributed by atoms with Crippen molar-refractivity contribution < 1.29 is 4.79 Å². The number of likely N-dealkylation sites (N-methyl/N-ethyl adjacent to an activating group) is 1. The first-order valence-electron chi connectivity index (χ1n) is 6.48. The Bertz CT molecular complexity index is 204. The Balaban J connectivity index is 1.97. The third-order valence-corrected chi connectivity index (χ3v) is 2.87. The summed E-state index contributed by atoms with van der Waals surface area (Å²) in [5, 5.41) is 6.15. The molecule has 4 nitrogen and oxygen atoms in total. The maximum Gasteiger partial charge on any atom is 0.234 e. The van der Waals surface area contributed by atoms with Crippen LogP contribution >= 0.6 is 0 Å². The fourth-order valence-electron chi connectivity index (χ4n) is 1.68. The number of carbonyl (C=O) groups is 1. The summed E-state index contributed by atoms with van der Waals surface area (Å²) in [6.07, 6.45) is 3.63. The first kappa shape index (κ1) is 13.5. The third kappa shape index (κ3) is 6.08. The van der Waals surface area contributed by atoms with Crippen molar-refractivity contribution in [2.75, 3.05) is 32.7 Å². The number of hydrogen-bond donors (Lipinski definition) is 2. The SMILES string of the molecule is CCCN(CC)CCNC(=O)CNC1CC1. The lowest BCUT2D eigenvalue weighted by Crippen LogP contribution is -2.39. The standard InChI is InChI=1S/C12H25N3O/c1-3-8-15(4-2)9-7-13-12(16)10-14-11-5-6-11/h11,14H,3-10H2,1-2H3,(H,13,16). The number of nitrogens with one attached hydrogen (secondary N) is 2. The largest absolute Gasteiger partial charge is 0.354 e. The molecule has 4 heteroatoms. The van der Waals surface area contributed by atoms with E-state index in [0.717, 1.165) is 26.2 Å². The van der Waals surface area contributed by atoms with Crippen LogP contribution in [0.5, 0.6) is 0 Å². The number of carbonyl (C=O) groups excluding carboxylic acids is 1. The molecule has 0 unspecified atom stereocenters. The molecule has 1 saturated carbocycles. The van der Waals surface area contributed by atoms with Gasteiger partial charge in [-0.15, -0.1) is 0 Å². The van der Waals surface area contributed by atoms with Gasteiger partial charge in [0.2, 0.25) is 5.91 Å². The van der Waals surface area contributed by atoms with Gasteiger partial charge in [0, 0.05) is 19.1 Å². The molecule has 94 valence electrons. The van der Waals surface area contributed by atoms with Gasteiger partial charge in [0.1, 0.15) is 0 Å². The monoisotopic (exact) mass is 227 g/mol. The van der Waals surface area contributed by atoms with E-state index >= 15 is 0 Å². The molecule has 0 spiro atoms. The molecule has 0 bridgehead atoms. The van der Waals surface area contributed by atoms with Crippen molar-refractivity contribution >= 4 is 5.91 Å². The maximum atomic E-state index is 11.4. The van der Waals surface area contributed by atoms with Crippen LogP contribution in [-0.2, 0) is 4.79 Å². The minimum atomic E-state index is 0.124. The Morgan fingerprint density at radius 1 is 1.31 bits per heavy atom. The minimum Gasteiger partial charge on any atom is -0.354 e. The normalized spacial score (nSPS) is 15.4. The number of amides is 1. The first-order valence-corrected chi connectivity index (χ1v) is 6.48. The zero-order valence-electron chi connectivity index (χ0n) is 10.6. The molecule has 16 heavy (non-hydrogen) atoms. The van der Waals surface area contributed by atoms with Crippen molar-refractivity contribution in [3.63, 3.8) is 0 Å². The van der Waals surface area contributed by atoms with Gasteiger partial charge in [0.15, 0.2) is 0 Å². The van der Waals surface area contributed by atoms with E-state index in [1.165, 1.54) is 19.3 Å². The predicted octanol–water partition coefficient (Wildman–Crippen LogP) is 0.587. The first-order chi connectivity index (χ1) is 7.76. The topological polar surface area (TPSA) is 44.4 Å². The van der Waals surface area contributed by atoms with E-state index < -0.39 is 0 Å². The Morgan fingerprint density at radius 2 is 2.06 bits per heavy atom. The molecule has 1 amide bonds. The Kier molecular flexibility index (Phi) is 6.42. The van der Waals surface area contributed by atoms with E-state index in [9.17, 15) is 4.79 Å². The molecule has 0 radical (unpaired) electrons. The van der Waals surface area contributed by atoms with Crippen LogP contribution in [-0.4, -0.2) is 49.6 Å². The van der Waals surface area contributed by atoms with Crippen molar-refractivity contribution in [2.24, 2.45) is 0 Å². The van der Waals surface area contributed by atoms with Gasteiger partial charge in [0.05, 0.1) is 6.54 Å². The van der Waals surface area contributed by atoms with Crippen LogP contribution in [0, 0.1) is 0 Å². The molecule has 0 atom stereocenters. The molecule has 1 rings (SSSR count). The number of nitrogens with zero attached hydrogens (tertiary/aromatic N) is 1. The van der Waals surface area contributed by atoms with Gasteiger partial charge in [-0.1, -0.05) is 13.8 Å². The average molecular weight is 227 g/mol. The molecular formula is C12H25N3O. The molecule has 0 aromatic carbocycles. The summed E-state index contributed by atoms with van der Waals surface area (Å²) in [5.74, 6) is 0.124. The zero-order valence-corrected chi connectivity index (χ0v) is 10.6. The second kappa shape index (κ2) is 7.63. The number of hydrogen-bond acceptors (Lipinski definition) is 3. The average Bonchev–Trinajstić information content (AvgIpc) is 3.09. The van der Waals surface area contributed by atoms with Gasteiger partial charge < -0.3 is 15.5 Å². The summed E-state index contributed by atoms with van der Waals surface area (Å²) in [6, 6.07) is 0.609. The van der Waals surface area contributed by atoms with Gasteiger partial charge in [-0.2, -0.15) is 0 Å². The molecule has 1 aliphatic rings. The molecular weight excluding hydrogens is 202 g/mol. The van der Waals surface area contributed by atoms with Gasteiger partial charge in [0.25, 0.3) is 0 Å². The third-order valence-electron chi connectivity index (χ3n) is 2.87. The zero-order chi connectivity index (χ0) is 11.8. The highest BCUT2D eigenvalue weighted by Crippen LogP contribution is 2.17. The molecule has 0 heterocycles. The molecule has 1 aliphatic carbocycles. The van der Waals surface area contributed by atoms with Crippen LogP contribution in [0.2, 0.25) is 0 Å². The van der Waals surface area contributed by atoms with E-state index in [1.54, 1.807) is 0 Å². The van der Waals surface area contributed by atoms with Gasteiger partial charge in [-0.3, -0.25) is 4.79 Å². The van der Waals surface area contributed by atoms with E-state index in [2.05, 4.69) is 29.4 Å². The lowest BCUT2D eigenvalue weighted by molar-refractivity contribution is -0.120. The van der Waals surface area contributed by atoms with Crippen LogP contribution in [0.4, 0.5) is 0 Å². The molecule has 0 aromatic heterocycles. The summed E-state index contributed by atoms with van der Waals surface area (Å²) in [7, 11) is 0. The second-order valence-electron chi connectivity index (χ2n) is 4.44. The van der Waals surface area contributed by atoms with Gasteiger partial charge in [-0.05, 0) is 32.4 Å².